The smallest absolute Gasteiger partial charge is 0.168 e. The Morgan fingerprint density at radius 3 is 2.35 bits per heavy atom. The summed E-state index contributed by atoms with van der Waals surface area (Å²) in [4.78, 5) is 14.2. The number of carbonyl (C=O) groups excluding carboxylic acids is 1. The summed E-state index contributed by atoms with van der Waals surface area (Å²) < 4.78 is 46.3. The molecule has 0 amide bonds. The lowest BCUT2D eigenvalue weighted by atomic mass is 10.1. The largest absolute Gasteiger partial charge is 0.380 e. The molecule has 0 spiro atoms. The fourth-order valence-electron chi connectivity index (χ4n) is 1.80. The quantitative estimate of drug-likeness (QED) is 0.808. The Morgan fingerprint density at radius 1 is 1.15 bits per heavy atom. The second-order valence-corrected chi connectivity index (χ2v) is 4.05. The van der Waals surface area contributed by atoms with Gasteiger partial charge in [-0.15, -0.1) is 0 Å². The lowest BCUT2D eigenvalue weighted by Gasteiger charge is -2.08. The van der Waals surface area contributed by atoms with Crippen molar-refractivity contribution in [2.45, 2.75) is 6.61 Å². The minimum atomic E-state index is -0.966. The van der Waals surface area contributed by atoms with Gasteiger partial charge in [0.05, 0.1) is 12.2 Å². The third-order valence-corrected chi connectivity index (χ3v) is 2.64. The summed E-state index contributed by atoms with van der Waals surface area (Å²) in [5.74, 6) is -2.84. The summed E-state index contributed by atoms with van der Waals surface area (Å²) in [6, 6.07) is 4.14. The number of nitrogens with zero attached hydrogens (tertiary/aromatic N) is 1. The maximum absolute atomic E-state index is 13.9. The molecule has 0 radical (unpaired) electrons. The number of aldehydes is 1. The number of hydrogen-bond donors (Lipinski definition) is 0. The van der Waals surface area contributed by atoms with Crippen LogP contribution >= 0.6 is 0 Å². The van der Waals surface area contributed by atoms with Crippen LogP contribution in [0.5, 0.6) is 0 Å². The number of pyridine rings is 1. The number of rotatable bonds is 4. The Hall–Kier alpha value is -2.21. The van der Waals surface area contributed by atoms with Gasteiger partial charge in [-0.1, -0.05) is 0 Å². The van der Waals surface area contributed by atoms with Crippen molar-refractivity contribution in [1.29, 1.82) is 0 Å². The van der Waals surface area contributed by atoms with E-state index in [0.717, 1.165) is 24.3 Å². The van der Waals surface area contributed by atoms with Crippen molar-refractivity contribution in [3.63, 3.8) is 0 Å². The maximum Gasteiger partial charge on any atom is 0.168 e. The monoisotopic (exact) mass is 281 g/mol. The Morgan fingerprint density at radius 2 is 1.80 bits per heavy atom. The van der Waals surface area contributed by atoms with Gasteiger partial charge in [-0.05, 0) is 29.8 Å². The lowest BCUT2D eigenvalue weighted by molar-refractivity contribution is 0.111. The molecule has 0 fully saturated rings. The van der Waals surface area contributed by atoms with E-state index in [1.165, 1.54) is 7.11 Å². The fraction of sp³-hybridized carbons (Fsp3) is 0.143. The van der Waals surface area contributed by atoms with Crippen LogP contribution in [0.1, 0.15) is 16.1 Å². The van der Waals surface area contributed by atoms with E-state index in [4.69, 9.17) is 4.74 Å². The predicted octanol–water partition coefficient (Wildman–Crippen LogP) is 3.12. The first-order chi connectivity index (χ1) is 9.56. The number of halogens is 3. The third-order valence-electron chi connectivity index (χ3n) is 2.64. The first-order valence-electron chi connectivity index (χ1n) is 5.65. The highest BCUT2D eigenvalue weighted by atomic mass is 19.1. The number of methoxy groups -OCH3 is 1. The summed E-state index contributed by atoms with van der Waals surface area (Å²) in [5, 5.41) is 0. The van der Waals surface area contributed by atoms with Crippen LogP contribution in [0, 0.1) is 17.5 Å². The summed E-state index contributed by atoms with van der Waals surface area (Å²) in [5.41, 5.74) is -0.973. The molecule has 0 atom stereocenters. The molecule has 6 heteroatoms. The maximum atomic E-state index is 13.9. The van der Waals surface area contributed by atoms with Crippen LogP contribution in [-0.4, -0.2) is 18.4 Å². The zero-order valence-electron chi connectivity index (χ0n) is 10.5. The molecular weight excluding hydrogens is 271 g/mol. The van der Waals surface area contributed by atoms with Crippen molar-refractivity contribution in [3.05, 3.63) is 53.0 Å². The Kier molecular flexibility index (Phi) is 4.14. The second-order valence-electron chi connectivity index (χ2n) is 4.05. The molecule has 3 nitrogen and oxygen atoms in total. The van der Waals surface area contributed by atoms with Crippen molar-refractivity contribution < 1.29 is 22.7 Å². The average Bonchev–Trinajstić information content (AvgIpc) is 2.40. The molecule has 0 bridgehead atoms. The minimum absolute atomic E-state index is 0.0262. The van der Waals surface area contributed by atoms with Gasteiger partial charge in [-0.25, -0.2) is 18.2 Å². The summed E-state index contributed by atoms with van der Waals surface area (Å²) >= 11 is 0. The van der Waals surface area contributed by atoms with E-state index in [-0.39, 0.29) is 17.9 Å². The normalized spacial score (nSPS) is 10.6. The van der Waals surface area contributed by atoms with E-state index < -0.39 is 28.7 Å². The molecule has 0 aliphatic carbocycles. The van der Waals surface area contributed by atoms with Crippen LogP contribution in [0.3, 0.4) is 0 Å². The summed E-state index contributed by atoms with van der Waals surface area (Å²) in [6.07, 6.45) is 0.373. The van der Waals surface area contributed by atoms with Crippen molar-refractivity contribution in [2.75, 3.05) is 7.11 Å². The number of aromatic nitrogens is 1. The molecule has 0 unspecified atom stereocenters. The number of carbonyl (C=O) groups is 1. The number of benzene rings is 1. The molecule has 0 N–H and O–H groups in total. The van der Waals surface area contributed by atoms with E-state index in [1.807, 2.05) is 0 Å². The van der Waals surface area contributed by atoms with Gasteiger partial charge in [-0.2, -0.15) is 0 Å². The Bertz CT molecular complexity index is 636. The average molecular weight is 281 g/mol. The van der Waals surface area contributed by atoms with Gasteiger partial charge in [0.25, 0.3) is 0 Å². The van der Waals surface area contributed by atoms with Crippen molar-refractivity contribution in [1.82, 2.24) is 4.98 Å². The predicted molar refractivity (Wildman–Crippen MR) is 65.6 cm³/mol. The highest BCUT2D eigenvalue weighted by Gasteiger charge is 2.18. The fourth-order valence-corrected chi connectivity index (χ4v) is 1.80. The zero-order chi connectivity index (χ0) is 14.7. The van der Waals surface area contributed by atoms with Crippen molar-refractivity contribution >= 4 is 6.29 Å². The lowest BCUT2D eigenvalue weighted by Crippen LogP contribution is -2.01. The molecule has 1 heterocycles. The van der Waals surface area contributed by atoms with Crippen LogP contribution in [0.4, 0.5) is 13.2 Å². The van der Waals surface area contributed by atoms with E-state index in [9.17, 15) is 18.0 Å². The molecule has 0 saturated carbocycles. The van der Waals surface area contributed by atoms with Crippen LogP contribution in [0.15, 0.2) is 24.3 Å². The minimum Gasteiger partial charge on any atom is -0.380 e. The van der Waals surface area contributed by atoms with Crippen LogP contribution in [0.2, 0.25) is 0 Å². The molecular formula is C14H10F3NO2. The van der Waals surface area contributed by atoms with Crippen LogP contribution in [-0.2, 0) is 11.3 Å². The molecule has 2 rings (SSSR count). The van der Waals surface area contributed by atoms with Crippen molar-refractivity contribution in [2.24, 2.45) is 0 Å². The zero-order valence-corrected chi connectivity index (χ0v) is 10.5. The van der Waals surface area contributed by atoms with Gasteiger partial charge >= 0.3 is 0 Å². The molecule has 0 saturated heterocycles. The van der Waals surface area contributed by atoms with Gasteiger partial charge in [0, 0.05) is 7.11 Å². The van der Waals surface area contributed by atoms with Gasteiger partial charge in [0.1, 0.15) is 28.8 Å². The third kappa shape index (κ3) is 2.70. The molecule has 1 aromatic carbocycles. The highest BCUT2D eigenvalue weighted by molar-refractivity contribution is 5.74. The van der Waals surface area contributed by atoms with E-state index in [1.54, 1.807) is 0 Å². The Labute approximate surface area is 113 Å². The first kappa shape index (κ1) is 14.2. The van der Waals surface area contributed by atoms with Gasteiger partial charge in [0.15, 0.2) is 6.29 Å². The molecule has 2 aromatic rings. The number of ether oxygens (including phenoxy) is 1. The molecule has 1 aromatic heterocycles. The van der Waals surface area contributed by atoms with E-state index in [0.29, 0.717) is 6.29 Å². The topological polar surface area (TPSA) is 39.2 Å². The van der Waals surface area contributed by atoms with E-state index in [2.05, 4.69) is 4.98 Å². The molecule has 0 aliphatic heterocycles. The SMILES string of the molecule is COCc1cc(F)c(-c2nc(C=O)ccc2F)c(F)c1. The van der Waals surface area contributed by atoms with Crippen LogP contribution < -0.4 is 0 Å². The van der Waals surface area contributed by atoms with Crippen LogP contribution in [0.25, 0.3) is 11.3 Å². The number of hydrogen-bond acceptors (Lipinski definition) is 3. The standard InChI is InChI=1S/C14H10F3NO2/c1-20-7-8-4-11(16)13(12(17)5-8)14-10(15)3-2-9(6-19)18-14/h2-6H,7H2,1H3. The molecule has 104 valence electrons. The highest BCUT2D eigenvalue weighted by Crippen LogP contribution is 2.28. The summed E-state index contributed by atoms with van der Waals surface area (Å²) in [7, 11) is 1.39. The Balaban J connectivity index is 2.60. The first-order valence-corrected chi connectivity index (χ1v) is 5.65. The molecule has 0 aliphatic rings. The van der Waals surface area contributed by atoms with Gasteiger partial charge in [-0.3, -0.25) is 4.79 Å². The van der Waals surface area contributed by atoms with E-state index >= 15 is 0 Å². The second kappa shape index (κ2) is 5.83. The summed E-state index contributed by atoms with van der Waals surface area (Å²) in [6.45, 7) is 0.0262. The van der Waals surface area contributed by atoms with Gasteiger partial charge < -0.3 is 4.74 Å². The molecule has 20 heavy (non-hydrogen) atoms. The van der Waals surface area contributed by atoms with Crippen molar-refractivity contribution in [3.8, 4) is 11.3 Å². The van der Waals surface area contributed by atoms with Gasteiger partial charge in [0.2, 0.25) is 0 Å².